The van der Waals surface area contributed by atoms with Crippen LogP contribution in [0.25, 0.3) is 11.2 Å². The van der Waals surface area contributed by atoms with E-state index >= 15 is 0 Å². The number of aromatic nitrogens is 4. The SMILES string of the molecule is CC(=O)c1cnn2cc(-n3ccnc3)ccc12. The van der Waals surface area contributed by atoms with Crippen LogP contribution in [0.4, 0.5) is 0 Å². The van der Waals surface area contributed by atoms with Crippen molar-refractivity contribution in [2.24, 2.45) is 0 Å². The molecule has 0 aromatic carbocycles. The van der Waals surface area contributed by atoms with Gasteiger partial charge >= 0.3 is 0 Å². The number of hydrogen-bond donors (Lipinski definition) is 0. The Kier molecular flexibility index (Phi) is 2.04. The molecular weight excluding hydrogens is 216 g/mol. The number of carbonyl (C=O) groups is 1. The lowest BCUT2D eigenvalue weighted by molar-refractivity contribution is 0.101. The van der Waals surface area contributed by atoms with Crippen molar-refractivity contribution in [2.45, 2.75) is 6.92 Å². The van der Waals surface area contributed by atoms with Crippen LogP contribution in [0.3, 0.4) is 0 Å². The molecule has 0 aliphatic rings. The van der Waals surface area contributed by atoms with Gasteiger partial charge in [0.25, 0.3) is 0 Å². The van der Waals surface area contributed by atoms with Crippen molar-refractivity contribution in [3.05, 3.63) is 48.8 Å². The van der Waals surface area contributed by atoms with E-state index in [0.717, 1.165) is 11.2 Å². The van der Waals surface area contributed by atoms with Gasteiger partial charge in [0.2, 0.25) is 0 Å². The molecule has 0 saturated carbocycles. The predicted molar refractivity (Wildman–Crippen MR) is 62.3 cm³/mol. The molecule has 0 aliphatic carbocycles. The van der Waals surface area contributed by atoms with Crippen molar-refractivity contribution >= 4 is 11.3 Å². The molecule has 3 rings (SSSR count). The molecule has 0 saturated heterocycles. The number of rotatable bonds is 2. The number of nitrogens with zero attached hydrogens (tertiary/aromatic N) is 4. The van der Waals surface area contributed by atoms with Crippen LogP contribution in [0.1, 0.15) is 17.3 Å². The number of fused-ring (bicyclic) bond motifs is 1. The quantitative estimate of drug-likeness (QED) is 0.625. The summed E-state index contributed by atoms with van der Waals surface area (Å²) < 4.78 is 3.58. The molecule has 0 atom stereocenters. The Bertz CT molecular complexity index is 682. The summed E-state index contributed by atoms with van der Waals surface area (Å²) in [6.45, 7) is 1.54. The second kappa shape index (κ2) is 3.55. The fourth-order valence-electron chi connectivity index (χ4n) is 1.81. The second-order valence-corrected chi connectivity index (χ2v) is 3.80. The maximum atomic E-state index is 11.4. The minimum absolute atomic E-state index is 0.0235. The zero-order chi connectivity index (χ0) is 11.8. The molecule has 3 heterocycles. The van der Waals surface area contributed by atoms with Crippen molar-refractivity contribution < 1.29 is 4.79 Å². The Morgan fingerprint density at radius 1 is 1.35 bits per heavy atom. The van der Waals surface area contributed by atoms with Crippen molar-refractivity contribution in [3.63, 3.8) is 0 Å². The van der Waals surface area contributed by atoms with Crippen LogP contribution >= 0.6 is 0 Å². The largest absolute Gasteiger partial charge is 0.305 e. The molecule has 17 heavy (non-hydrogen) atoms. The van der Waals surface area contributed by atoms with E-state index < -0.39 is 0 Å². The van der Waals surface area contributed by atoms with E-state index in [2.05, 4.69) is 10.1 Å². The van der Waals surface area contributed by atoms with Crippen molar-refractivity contribution in [1.82, 2.24) is 19.2 Å². The van der Waals surface area contributed by atoms with Crippen LogP contribution in [0.5, 0.6) is 0 Å². The molecule has 0 radical (unpaired) electrons. The first-order chi connectivity index (χ1) is 8.25. The molecule has 0 spiro atoms. The highest BCUT2D eigenvalue weighted by Crippen LogP contribution is 2.14. The zero-order valence-corrected chi connectivity index (χ0v) is 9.24. The number of ketones is 1. The summed E-state index contributed by atoms with van der Waals surface area (Å²) in [7, 11) is 0. The number of imidazole rings is 1. The van der Waals surface area contributed by atoms with Crippen molar-refractivity contribution in [3.8, 4) is 5.69 Å². The molecule has 0 amide bonds. The highest BCUT2D eigenvalue weighted by molar-refractivity contribution is 6.00. The number of pyridine rings is 1. The highest BCUT2D eigenvalue weighted by atomic mass is 16.1. The third-order valence-electron chi connectivity index (χ3n) is 2.68. The first-order valence-electron chi connectivity index (χ1n) is 5.22. The number of Topliss-reactive ketones (excluding diaryl/α,β-unsaturated/α-hetero) is 1. The van der Waals surface area contributed by atoms with Crippen LogP contribution in [0.2, 0.25) is 0 Å². The third-order valence-corrected chi connectivity index (χ3v) is 2.68. The molecule has 3 aromatic rings. The fourth-order valence-corrected chi connectivity index (χ4v) is 1.81. The lowest BCUT2D eigenvalue weighted by Gasteiger charge is -2.02. The van der Waals surface area contributed by atoms with Crippen molar-refractivity contribution in [1.29, 1.82) is 0 Å². The van der Waals surface area contributed by atoms with Gasteiger partial charge in [-0.2, -0.15) is 5.10 Å². The monoisotopic (exact) mass is 226 g/mol. The van der Waals surface area contributed by atoms with Gasteiger partial charge in [0.15, 0.2) is 5.78 Å². The van der Waals surface area contributed by atoms with Crippen LogP contribution in [-0.2, 0) is 0 Å². The second-order valence-electron chi connectivity index (χ2n) is 3.80. The molecule has 0 aliphatic heterocycles. The van der Waals surface area contributed by atoms with Gasteiger partial charge in [-0.15, -0.1) is 0 Å². The molecular formula is C12H10N4O. The van der Waals surface area contributed by atoms with E-state index in [0.29, 0.717) is 5.56 Å². The average Bonchev–Trinajstić information content (AvgIpc) is 2.97. The van der Waals surface area contributed by atoms with Gasteiger partial charge in [-0.3, -0.25) is 4.79 Å². The Morgan fingerprint density at radius 3 is 2.94 bits per heavy atom. The summed E-state index contributed by atoms with van der Waals surface area (Å²) in [5.74, 6) is 0.0235. The predicted octanol–water partition coefficient (Wildman–Crippen LogP) is 1.72. The van der Waals surface area contributed by atoms with Gasteiger partial charge < -0.3 is 4.57 Å². The van der Waals surface area contributed by atoms with E-state index in [1.165, 1.54) is 0 Å². The van der Waals surface area contributed by atoms with Crippen LogP contribution < -0.4 is 0 Å². The molecule has 0 N–H and O–H groups in total. The van der Waals surface area contributed by atoms with Gasteiger partial charge in [-0.25, -0.2) is 9.50 Å². The standard InChI is InChI=1S/C12H10N4O/c1-9(17)11-6-14-16-7-10(2-3-12(11)16)15-5-4-13-8-15/h2-8H,1H3. The van der Waals surface area contributed by atoms with Crippen LogP contribution in [0, 0.1) is 0 Å². The lowest BCUT2D eigenvalue weighted by Crippen LogP contribution is -1.96. The minimum atomic E-state index is 0.0235. The van der Waals surface area contributed by atoms with E-state index in [1.807, 2.05) is 29.1 Å². The molecule has 3 aromatic heterocycles. The molecule has 5 heteroatoms. The van der Waals surface area contributed by atoms with Gasteiger partial charge in [0.1, 0.15) is 0 Å². The summed E-state index contributed by atoms with van der Waals surface area (Å²) in [5.41, 5.74) is 2.41. The summed E-state index contributed by atoms with van der Waals surface area (Å²) in [6, 6.07) is 3.82. The molecule has 5 nitrogen and oxygen atoms in total. The zero-order valence-electron chi connectivity index (χ0n) is 9.24. The first-order valence-corrected chi connectivity index (χ1v) is 5.22. The first kappa shape index (κ1) is 9.77. The number of carbonyl (C=O) groups excluding carboxylic acids is 1. The van der Waals surface area contributed by atoms with Crippen LogP contribution in [-0.4, -0.2) is 24.9 Å². The van der Waals surface area contributed by atoms with Gasteiger partial charge in [0, 0.05) is 12.4 Å². The average molecular weight is 226 g/mol. The normalized spacial score (nSPS) is 10.9. The summed E-state index contributed by atoms with van der Waals surface area (Å²) in [6.07, 6.45) is 8.75. The van der Waals surface area contributed by atoms with Gasteiger partial charge in [-0.1, -0.05) is 0 Å². The number of hydrogen-bond acceptors (Lipinski definition) is 3. The van der Waals surface area contributed by atoms with Gasteiger partial charge in [0.05, 0.1) is 35.5 Å². The third kappa shape index (κ3) is 1.52. The topological polar surface area (TPSA) is 52.2 Å². The minimum Gasteiger partial charge on any atom is -0.305 e. The van der Waals surface area contributed by atoms with Crippen LogP contribution in [0.15, 0.2) is 43.2 Å². The Hall–Kier alpha value is -2.43. The van der Waals surface area contributed by atoms with E-state index in [9.17, 15) is 4.79 Å². The smallest absolute Gasteiger partial charge is 0.163 e. The Balaban J connectivity index is 2.18. The molecule has 0 fully saturated rings. The molecule has 84 valence electrons. The molecule has 0 unspecified atom stereocenters. The highest BCUT2D eigenvalue weighted by Gasteiger charge is 2.08. The van der Waals surface area contributed by atoms with E-state index in [-0.39, 0.29) is 5.78 Å². The van der Waals surface area contributed by atoms with Crippen molar-refractivity contribution in [2.75, 3.05) is 0 Å². The Labute approximate surface area is 97.3 Å². The van der Waals surface area contributed by atoms with E-state index in [1.54, 1.807) is 30.2 Å². The molecule has 0 bridgehead atoms. The maximum Gasteiger partial charge on any atom is 0.163 e. The summed E-state index contributed by atoms with van der Waals surface area (Å²) in [5, 5.41) is 4.17. The van der Waals surface area contributed by atoms with Gasteiger partial charge in [-0.05, 0) is 19.1 Å². The Morgan fingerprint density at radius 2 is 2.24 bits per heavy atom. The summed E-state index contributed by atoms with van der Waals surface area (Å²) >= 11 is 0. The van der Waals surface area contributed by atoms with E-state index in [4.69, 9.17) is 0 Å². The maximum absolute atomic E-state index is 11.4. The fraction of sp³-hybridized carbons (Fsp3) is 0.0833. The summed E-state index contributed by atoms with van der Waals surface area (Å²) in [4.78, 5) is 15.4. The lowest BCUT2D eigenvalue weighted by atomic mass is 10.2.